The van der Waals surface area contributed by atoms with Gasteiger partial charge in [-0.2, -0.15) is 0 Å². The zero-order valence-electron chi connectivity index (χ0n) is 10.5. The second-order valence-electron chi connectivity index (χ2n) is 4.15. The Morgan fingerprint density at radius 1 is 1.06 bits per heavy atom. The van der Waals surface area contributed by atoms with Crippen LogP contribution in [0.15, 0.2) is 29.2 Å². The van der Waals surface area contributed by atoms with Crippen molar-refractivity contribution >= 4 is 19.7 Å². The van der Waals surface area contributed by atoms with Crippen LogP contribution in [0.4, 0.5) is 0 Å². The van der Waals surface area contributed by atoms with Crippen LogP contribution in [-0.2, 0) is 8.87 Å². The molecule has 0 bridgehead atoms. The van der Waals surface area contributed by atoms with E-state index in [1.807, 2.05) is 19.1 Å². The summed E-state index contributed by atoms with van der Waals surface area (Å²) < 4.78 is 23.9. The molecule has 0 N–H and O–H groups in total. The van der Waals surface area contributed by atoms with Gasteiger partial charge in [0.1, 0.15) is 0 Å². The van der Waals surface area contributed by atoms with Gasteiger partial charge in [-0.3, -0.25) is 0 Å². The molecule has 0 spiro atoms. The molecule has 0 saturated heterocycles. The summed E-state index contributed by atoms with van der Waals surface area (Å²) in [6.07, 6.45) is 4.46. The van der Waals surface area contributed by atoms with E-state index in [1.54, 1.807) is 12.1 Å². The molecule has 17 heavy (non-hydrogen) atoms. The monoisotopic (exact) mass is 272 g/mol. The minimum absolute atomic E-state index is 0.420. The molecule has 1 rings (SSSR count). The van der Waals surface area contributed by atoms with Gasteiger partial charge in [-0.1, -0.05) is 43.9 Å². The van der Waals surface area contributed by atoms with Gasteiger partial charge in [-0.05, 0) is 36.3 Å². The highest BCUT2D eigenvalue weighted by Gasteiger charge is 2.14. The molecule has 1 aromatic rings. The van der Waals surface area contributed by atoms with E-state index in [1.165, 1.54) is 12.8 Å². The lowest BCUT2D eigenvalue weighted by atomic mass is 10.2. The number of hydrogen-bond donors (Lipinski definition) is 0. The van der Waals surface area contributed by atoms with Crippen molar-refractivity contribution in [2.45, 2.75) is 44.4 Å². The summed E-state index contributed by atoms with van der Waals surface area (Å²) in [5.41, 5.74) is 1.08. The fourth-order valence-electron chi connectivity index (χ4n) is 1.47. The van der Waals surface area contributed by atoms with Gasteiger partial charge in [0.25, 0.3) is 0 Å². The molecule has 1 aromatic carbocycles. The summed E-state index contributed by atoms with van der Waals surface area (Å²) in [7, 11) is -2.09. The minimum Gasteiger partial charge on any atom is -0.212 e. The number of rotatable bonds is 7. The standard InChI is InChI=1S/C13H20O2S2/c1-3-4-5-6-11-16-17(14,15)13-9-7-12(2)8-10-13/h7-10H,3-6,11H2,1-2H3. The van der Waals surface area contributed by atoms with Crippen LogP contribution in [0.25, 0.3) is 0 Å². The molecule has 2 nitrogen and oxygen atoms in total. The highest BCUT2D eigenvalue weighted by molar-refractivity contribution is 8.72. The van der Waals surface area contributed by atoms with Crippen molar-refractivity contribution in [3.63, 3.8) is 0 Å². The van der Waals surface area contributed by atoms with Crippen molar-refractivity contribution < 1.29 is 8.42 Å². The molecule has 0 amide bonds. The van der Waals surface area contributed by atoms with Crippen molar-refractivity contribution in [1.82, 2.24) is 0 Å². The Kier molecular flexibility index (Phi) is 6.06. The average molecular weight is 272 g/mol. The molecule has 0 aliphatic rings. The smallest absolute Gasteiger partial charge is 0.212 e. The first-order valence-corrected chi connectivity index (χ1v) is 9.01. The van der Waals surface area contributed by atoms with E-state index in [0.717, 1.165) is 29.2 Å². The lowest BCUT2D eigenvalue weighted by Crippen LogP contribution is -1.97. The number of benzene rings is 1. The molecule has 0 aliphatic heterocycles. The number of unbranched alkanes of at least 4 members (excludes halogenated alkanes) is 3. The van der Waals surface area contributed by atoms with Gasteiger partial charge >= 0.3 is 0 Å². The number of hydrogen-bond acceptors (Lipinski definition) is 3. The quantitative estimate of drug-likeness (QED) is 0.556. The Morgan fingerprint density at radius 2 is 1.71 bits per heavy atom. The minimum atomic E-state index is -3.15. The zero-order valence-corrected chi connectivity index (χ0v) is 12.1. The third-order valence-electron chi connectivity index (χ3n) is 2.55. The second kappa shape index (κ2) is 7.07. The predicted molar refractivity (Wildman–Crippen MR) is 75.0 cm³/mol. The summed E-state index contributed by atoms with van der Waals surface area (Å²) in [5, 5.41) is 0. The third kappa shape index (κ3) is 5.13. The summed E-state index contributed by atoms with van der Waals surface area (Å²) in [6, 6.07) is 7.04. The Balaban J connectivity index is 2.48. The molecule has 0 unspecified atom stereocenters. The fourth-order valence-corrected chi connectivity index (χ4v) is 4.37. The predicted octanol–water partition coefficient (Wildman–Crippen LogP) is 4.00. The molecular weight excluding hydrogens is 252 g/mol. The molecule has 0 radical (unpaired) electrons. The lowest BCUT2D eigenvalue weighted by molar-refractivity contribution is 0.610. The highest BCUT2D eigenvalue weighted by atomic mass is 33.1. The molecule has 4 heteroatoms. The zero-order chi connectivity index (χ0) is 12.7. The van der Waals surface area contributed by atoms with Crippen molar-refractivity contribution in [3.8, 4) is 0 Å². The van der Waals surface area contributed by atoms with Gasteiger partial charge < -0.3 is 0 Å². The molecule has 0 fully saturated rings. The molecule has 0 saturated carbocycles. The van der Waals surface area contributed by atoms with Crippen LogP contribution in [0.2, 0.25) is 0 Å². The van der Waals surface area contributed by atoms with Gasteiger partial charge in [0.2, 0.25) is 8.87 Å². The Hall–Kier alpha value is -0.480. The molecule has 0 aliphatic carbocycles. The Morgan fingerprint density at radius 3 is 2.29 bits per heavy atom. The van der Waals surface area contributed by atoms with E-state index in [2.05, 4.69) is 6.92 Å². The van der Waals surface area contributed by atoms with Crippen LogP contribution in [0.3, 0.4) is 0 Å². The maximum atomic E-state index is 11.9. The van der Waals surface area contributed by atoms with Crippen LogP contribution in [0, 0.1) is 6.92 Å². The molecule has 0 aromatic heterocycles. The summed E-state index contributed by atoms with van der Waals surface area (Å²) >= 11 is 0. The lowest BCUT2D eigenvalue weighted by Gasteiger charge is -2.04. The SMILES string of the molecule is CCCCCCSS(=O)(=O)c1ccc(C)cc1. The largest absolute Gasteiger partial charge is 0.229 e. The molecule has 0 heterocycles. The van der Waals surface area contributed by atoms with Crippen molar-refractivity contribution in [1.29, 1.82) is 0 Å². The normalized spacial score (nSPS) is 11.6. The van der Waals surface area contributed by atoms with Crippen LogP contribution in [0.1, 0.15) is 38.2 Å². The van der Waals surface area contributed by atoms with Crippen LogP contribution in [0.5, 0.6) is 0 Å². The van der Waals surface area contributed by atoms with E-state index >= 15 is 0 Å². The van der Waals surface area contributed by atoms with Gasteiger partial charge in [0, 0.05) is 5.75 Å². The summed E-state index contributed by atoms with van der Waals surface area (Å²) in [6.45, 7) is 4.10. The van der Waals surface area contributed by atoms with Gasteiger partial charge in [0.15, 0.2) is 0 Å². The fraction of sp³-hybridized carbons (Fsp3) is 0.538. The van der Waals surface area contributed by atoms with Crippen LogP contribution >= 0.6 is 10.8 Å². The van der Waals surface area contributed by atoms with Crippen molar-refractivity contribution in [3.05, 3.63) is 29.8 Å². The Labute approximate surface area is 108 Å². The van der Waals surface area contributed by atoms with E-state index < -0.39 is 8.87 Å². The van der Waals surface area contributed by atoms with Gasteiger partial charge in [-0.25, -0.2) is 8.42 Å². The average Bonchev–Trinajstić information content (AvgIpc) is 2.29. The van der Waals surface area contributed by atoms with E-state index in [0.29, 0.717) is 10.6 Å². The number of aryl methyl sites for hydroxylation is 1. The molecular formula is C13H20O2S2. The Bertz CT molecular complexity index is 421. The summed E-state index contributed by atoms with van der Waals surface area (Å²) in [5.74, 6) is 0.691. The van der Waals surface area contributed by atoms with Crippen molar-refractivity contribution in [2.24, 2.45) is 0 Å². The first-order chi connectivity index (χ1) is 8.06. The van der Waals surface area contributed by atoms with Gasteiger partial charge in [-0.15, -0.1) is 0 Å². The highest BCUT2D eigenvalue weighted by Crippen LogP contribution is 2.24. The van der Waals surface area contributed by atoms with E-state index in [9.17, 15) is 8.42 Å². The second-order valence-corrected chi connectivity index (χ2v) is 8.20. The first kappa shape index (κ1) is 14.6. The van der Waals surface area contributed by atoms with E-state index in [-0.39, 0.29) is 0 Å². The van der Waals surface area contributed by atoms with Crippen LogP contribution in [-0.4, -0.2) is 14.2 Å². The molecule has 96 valence electrons. The first-order valence-electron chi connectivity index (χ1n) is 6.02. The topological polar surface area (TPSA) is 34.1 Å². The third-order valence-corrected chi connectivity index (χ3v) is 6.17. The molecule has 0 atom stereocenters. The van der Waals surface area contributed by atoms with Crippen LogP contribution < -0.4 is 0 Å². The maximum absolute atomic E-state index is 11.9. The van der Waals surface area contributed by atoms with Gasteiger partial charge in [0.05, 0.1) is 4.90 Å². The van der Waals surface area contributed by atoms with E-state index in [4.69, 9.17) is 0 Å². The van der Waals surface area contributed by atoms with Crippen molar-refractivity contribution in [2.75, 3.05) is 5.75 Å². The summed E-state index contributed by atoms with van der Waals surface area (Å²) in [4.78, 5) is 0.420. The maximum Gasteiger partial charge on any atom is 0.229 e.